The topological polar surface area (TPSA) is 141 Å². The van der Waals surface area contributed by atoms with Crippen LogP contribution in [-0.4, -0.2) is 55.1 Å². The number of aliphatic hydroxyl groups is 1. The molecule has 0 spiro atoms. The number of amides is 1. The predicted molar refractivity (Wildman–Crippen MR) is 137 cm³/mol. The van der Waals surface area contributed by atoms with Crippen LogP contribution in [0.3, 0.4) is 0 Å². The van der Waals surface area contributed by atoms with Crippen molar-refractivity contribution in [2.75, 3.05) is 27.2 Å². The monoisotopic (exact) mass is 454 g/mol. The summed E-state index contributed by atoms with van der Waals surface area (Å²) in [5.74, 6) is 0.0281. The predicted octanol–water partition coefficient (Wildman–Crippen LogP) is 3.89. The smallest absolute Gasteiger partial charge is 0.220 e. The molecular formula is C24H50N6O2. The van der Waals surface area contributed by atoms with Crippen molar-refractivity contribution in [2.45, 2.75) is 96.8 Å². The van der Waals surface area contributed by atoms with E-state index in [0.29, 0.717) is 13.0 Å². The maximum absolute atomic E-state index is 11.3. The third-order valence-corrected chi connectivity index (χ3v) is 4.79. The summed E-state index contributed by atoms with van der Waals surface area (Å²) in [6, 6.07) is 0. The molecular weight excluding hydrogens is 404 g/mol. The van der Waals surface area contributed by atoms with Crippen molar-refractivity contribution in [2.24, 2.45) is 16.5 Å². The number of carbonyl (C=O) groups is 1. The molecule has 32 heavy (non-hydrogen) atoms. The van der Waals surface area contributed by atoms with Gasteiger partial charge in [-0.05, 0) is 32.1 Å². The van der Waals surface area contributed by atoms with E-state index in [1.165, 1.54) is 70.6 Å². The number of nitrogens with one attached hydrogen (secondary N) is 2. The molecule has 0 saturated heterocycles. The van der Waals surface area contributed by atoms with Gasteiger partial charge in [0.1, 0.15) is 0 Å². The van der Waals surface area contributed by atoms with Gasteiger partial charge in [0.15, 0.2) is 5.96 Å². The molecule has 188 valence electrons. The molecule has 0 atom stereocenters. The molecule has 0 rings (SSSR count). The van der Waals surface area contributed by atoms with Crippen LogP contribution in [0.25, 0.3) is 0 Å². The molecule has 0 aromatic heterocycles. The lowest BCUT2D eigenvalue weighted by atomic mass is 10.1. The SMILES string of the molecule is CCCCCCCC/C=C\CCCCCCCC(=O)NCCO.CN(C)C(N)=NC(=N)N. The van der Waals surface area contributed by atoms with E-state index in [0.717, 1.165) is 12.8 Å². The Morgan fingerprint density at radius 1 is 0.938 bits per heavy atom. The van der Waals surface area contributed by atoms with E-state index in [1.807, 2.05) is 0 Å². The molecule has 1 amide bonds. The summed E-state index contributed by atoms with van der Waals surface area (Å²) in [5.41, 5.74) is 10.2. The third kappa shape index (κ3) is 27.9. The first-order valence-corrected chi connectivity index (χ1v) is 12.2. The number of hydrogen-bond acceptors (Lipinski definition) is 3. The lowest BCUT2D eigenvalue weighted by molar-refractivity contribution is -0.121. The molecule has 0 unspecified atom stereocenters. The second-order valence-corrected chi connectivity index (χ2v) is 8.16. The maximum Gasteiger partial charge on any atom is 0.220 e. The van der Waals surface area contributed by atoms with Crippen molar-refractivity contribution in [3.63, 3.8) is 0 Å². The van der Waals surface area contributed by atoms with Crippen molar-refractivity contribution in [1.29, 1.82) is 5.41 Å². The lowest BCUT2D eigenvalue weighted by Gasteiger charge is -2.08. The summed E-state index contributed by atoms with van der Waals surface area (Å²) >= 11 is 0. The molecule has 0 radical (unpaired) electrons. The Hall–Kier alpha value is -2.09. The molecule has 0 heterocycles. The molecule has 0 fully saturated rings. The van der Waals surface area contributed by atoms with Crippen molar-refractivity contribution in [1.82, 2.24) is 10.2 Å². The second kappa shape index (κ2) is 25.2. The highest BCUT2D eigenvalue weighted by Crippen LogP contribution is 2.09. The Bertz CT molecular complexity index is 507. The van der Waals surface area contributed by atoms with Crippen LogP contribution < -0.4 is 16.8 Å². The number of guanidine groups is 2. The zero-order valence-electron chi connectivity index (χ0n) is 20.9. The second-order valence-electron chi connectivity index (χ2n) is 8.16. The molecule has 8 heteroatoms. The minimum atomic E-state index is -0.277. The van der Waals surface area contributed by atoms with Crippen molar-refractivity contribution in [3.8, 4) is 0 Å². The molecule has 0 aromatic carbocycles. The highest BCUT2D eigenvalue weighted by molar-refractivity contribution is 5.91. The van der Waals surface area contributed by atoms with Gasteiger partial charge in [0.25, 0.3) is 0 Å². The number of allylic oxidation sites excluding steroid dienone is 2. The summed E-state index contributed by atoms with van der Waals surface area (Å²) in [6.07, 6.45) is 21.8. The van der Waals surface area contributed by atoms with Crippen molar-refractivity contribution < 1.29 is 9.90 Å². The van der Waals surface area contributed by atoms with Crippen LogP contribution in [0.4, 0.5) is 0 Å². The Morgan fingerprint density at radius 2 is 1.44 bits per heavy atom. The normalized spacial score (nSPS) is 11.2. The van der Waals surface area contributed by atoms with Crippen LogP contribution in [0.15, 0.2) is 17.1 Å². The molecule has 0 saturated carbocycles. The van der Waals surface area contributed by atoms with Gasteiger partial charge in [0, 0.05) is 27.1 Å². The largest absolute Gasteiger partial charge is 0.395 e. The van der Waals surface area contributed by atoms with Crippen LogP contribution in [-0.2, 0) is 4.79 Å². The van der Waals surface area contributed by atoms with E-state index < -0.39 is 0 Å². The Balaban J connectivity index is 0. The van der Waals surface area contributed by atoms with E-state index in [-0.39, 0.29) is 24.4 Å². The van der Waals surface area contributed by atoms with Crippen LogP contribution in [0.1, 0.15) is 96.8 Å². The highest BCUT2D eigenvalue weighted by atomic mass is 16.3. The van der Waals surface area contributed by atoms with E-state index in [9.17, 15) is 4.79 Å². The standard InChI is InChI=1S/C20H39NO2.C4H11N5/c1-2-3-4-5-6-7-8-9-10-11-12-13-14-15-16-17-20(23)21-18-19-22;1-9(2)4(7)8-3(5)6/h9-10,22H,2-8,11-19H2,1H3,(H,21,23);1-2H3,(H5,5,6,7,8)/b10-9-;. The number of nitrogens with zero attached hydrogens (tertiary/aromatic N) is 2. The minimum absolute atomic E-state index is 0.0259. The van der Waals surface area contributed by atoms with E-state index >= 15 is 0 Å². The fourth-order valence-corrected chi connectivity index (χ4v) is 2.86. The van der Waals surface area contributed by atoms with Gasteiger partial charge in [0.05, 0.1) is 6.61 Å². The van der Waals surface area contributed by atoms with E-state index in [4.69, 9.17) is 22.0 Å². The summed E-state index contributed by atoms with van der Waals surface area (Å²) in [6.45, 7) is 2.67. The van der Waals surface area contributed by atoms with Gasteiger partial charge in [-0.25, -0.2) is 0 Å². The Labute approximate surface area is 196 Å². The number of unbranched alkanes of at least 4 members (excludes halogenated alkanes) is 11. The van der Waals surface area contributed by atoms with Crippen molar-refractivity contribution in [3.05, 3.63) is 12.2 Å². The van der Waals surface area contributed by atoms with Gasteiger partial charge in [-0.1, -0.05) is 70.4 Å². The van der Waals surface area contributed by atoms with Gasteiger partial charge in [-0.2, -0.15) is 4.99 Å². The summed E-state index contributed by atoms with van der Waals surface area (Å²) in [7, 11) is 3.45. The summed E-state index contributed by atoms with van der Waals surface area (Å²) < 4.78 is 0. The Kier molecular flexibility index (Phi) is 25.2. The van der Waals surface area contributed by atoms with Gasteiger partial charge in [0.2, 0.25) is 11.9 Å². The first kappa shape index (κ1) is 32.1. The lowest BCUT2D eigenvalue weighted by Crippen LogP contribution is -2.32. The van der Waals surface area contributed by atoms with E-state index in [2.05, 4.69) is 29.4 Å². The summed E-state index contributed by atoms with van der Waals surface area (Å²) in [4.78, 5) is 16.3. The first-order valence-electron chi connectivity index (χ1n) is 12.2. The van der Waals surface area contributed by atoms with Crippen LogP contribution >= 0.6 is 0 Å². The molecule has 0 aliphatic heterocycles. The first-order chi connectivity index (χ1) is 15.3. The zero-order valence-corrected chi connectivity index (χ0v) is 20.9. The Morgan fingerprint density at radius 3 is 1.88 bits per heavy atom. The van der Waals surface area contributed by atoms with Gasteiger partial charge >= 0.3 is 0 Å². The summed E-state index contributed by atoms with van der Waals surface area (Å²) in [5, 5.41) is 18.0. The third-order valence-electron chi connectivity index (χ3n) is 4.79. The molecule has 0 aromatic rings. The van der Waals surface area contributed by atoms with Gasteiger partial charge in [-0.3, -0.25) is 10.2 Å². The zero-order chi connectivity index (χ0) is 24.5. The average Bonchev–Trinajstić information content (AvgIpc) is 2.75. The maximum atomic E-state index is 11.3. The van der Waals surface area contributed by atoms with Gasteiger partial charge < -0.3 is 26.8 Å². The number of aliphatic imine (C=N–C) groups is 1. The van der Waals surface area contributed by atoms with Crippen LogP contribution in [0.5, 0.6) is 0 Å². The number of aliphatic hydroxyl groups excluding tert-OH is 1. The number of hydrogen-bond donors (Lipinski definition) is 5. The quantitative estimate of drug-likeness (QED) is 0.0981. The molecule has 0 bridgehead atoms. The average molecular weight is 455 g/mol. The fourth-order valence-electron chi connectivity index (χ4n) is 2.86. The number of nitrogens with two attached hydrogens (primary N) is 2. The highest BCUT2D eigenvalue weighted by Gasteiger charge is 1.99. The molecule has 7 N–H and O–H groups in total. The molecule has 0 aliphatic carbocycles. The molecule has 0 aliphatic rings. The van der Waals surface area contributed by atoms with Crippen LogP contribution in [0.2, 0.25) is 0 Å². The molecule has 8 nitrogen and oxygen atoms in total. The van der Waals surface area contributed by atoms with Crippen molar-refractivity contribution >= 4 is 17.8 Å². The number of rotatable bonds is 17. The number of carbonyl (C=O) groups excluding carboxylic acids is 1. The van der Waals surface area contributed by atoms with Gasteiger partial charge in [-0.15, -0.1) is 0 Å². The minimum Gasteiger partial charge on any atom is -0.395 e. The fraction of sp³-hybridized carbons (Fsp3) is 0.792. The van der Waals surface area contributed by atoms with E-state index in [1.54, 1.807) is 19.0 Å². The van der Waals surface area contributed by atoms with Crippen LogP contribution in [0, 0.1) is 5.41 Å².